The maximum atomic E-state index is 15.3. The third kappa shape index (κ3) is 3.83. The Balaban J connectivity index is 1.50. The van der Waals surface area contributed by atoms with Gasteiger partial charge in [-0.15, -0.1) is 0 Å². The molecule has 1 aromatic rings. The third-order valence-corrected chi connectivity index (χ3v) is 6.34. The molecule has 4 heterocycles. The predicted molar refractivity (Wildman–Crippen MR) is 115 cm³/mol. The van der Waals surface area contributed by atoms with E-state index in [0.717, 1.165) is 12.1 Å². The summed E-state index contributed by atoms with van der Waals surface area (Å²) < 4.78 is 60.2. The Morgan fingerprint density at radius 1 is 1.29 bits per heavy atom. The number of nitrogens with zero attached hydrogens (tertiary/aromatic N) is 2. The second-order valence-electron chi connectivity index (χ2n) is 8.51. The molecule has 11 heteroatoms. The van der Waals surface area contributed by atoms with Gasteiger partial charge >= 0.3 is 5.97 Å². The second kappa shape index (κ2) is 8.64. The van der Waals surface area contributed by atoms with E-state index in [-0.39, 0.29) is 43.2 Å². The van der Waals surface area contributed by atoms with Crippen LogP contribution in [0.4, 0.5) is 18.9 Å². The van der Waals surface area contributed by atoms with Crippen LogP contribution < -0.4 is 16.0 Å². The SMILES string of the molecule is CCOC(=O)C1=CN(c2ccc(F)cc2F)C2NC(N3CC(N)C4(C3)OCCO4)=C(F)C=C2C1. The number of hydrogen-bond donors (Lipinski definition) is 2. The van der Waals surface area contributed by atoms with E-state index in [1.165, 1.54) is 23.2 Å². The molecule has 34 heavy (non-hydrogen) atoms. The standard InChI is InChI=1S/C23H25F3N4O4/c1-2-32-22(31)14-7-13-8-17(26)21(29-11-19(27)23(12-29)33-5-6-34-23)28-20(13)30(10-14)18-4-3-15(24)9-16(18)25/h3-4,8-10,19-20,28H,2,5-7,11-12,27H2,1H3. The summed E-state index contributed by atoms with van der Waals surface area (Å²) in [6, 6.07) is 2.65. The number of rotatable bonds is 4. The number of carbonyl (C=O) groups excluding carboxylic acids is 1. The van der Waals surface area contributed by atoms with Crippen molar-refractivity contribution in [3.63, 3.8) is 0 Å². The minimum atomic E-state index is -1.01. The molecule has 5 rings (SSSR count). The summed E-state index contributed by atoms with van der Waals surface area (Å²) in [4.78, 5) is 15.6. The maximum Gasteiger partial charge on any atom is 0.335 e. The molecule has 0 radical (unpaired) electrons. The van der Waals surface area contributed by atoms with Crippen molar-refractivity contribution in [1.29, 1.82) is 0 Å². The Hall–Kier alpha value is -3.02. The Morgan fingerprint density at radius 3 is 2.76 bits per heavy atom. The number of hydrogen-bond acceptors (Lipinski definition) is 8. The number of nitrogens with one attached hydrogen (secondary N) is 1. The number of allylic oxidation sites excluding steroid dienone is 2. The maximum absolute atomic E-state index is 15.3. The van der Waals surface area contributed by atoms with Gasteiger partial charge in [-0.1, -0.05) is 0 Å². The molecule has 2 atom stereocenters. The van der Waals surface area contributed by atoms with Gasteiger partial charge in [0.2, 0.25) is 5.79 Å². The van der Waals surface area contributed by atoms with Gasteiger partial charge in [0.05, 0.1) is 43.7 Å². The van der Waals surface area contributed by atoms with Gasteiger partial charge in [0.25, 0.3) is 0 Å². The van der Waals surface area contributed by atoms with Crippen LogP contribution in [0.3, 0.4) is 0 Å². The fraction of sp³-hybridized carbons (Fsp3) is 0.435. The lowest BCUT2D eigenvalue weighted by Gasteiger charge is -2.41. The minimum Gasteiger partial charge on any atom is -0.463 e. The quantitative estimate of drug-likeness (QED) is 0.636. The first kappa shape index (κ1) is 22.8. The van der Waals surface area contributed by atoms with E-state index in [4.69, 9.17) is 19.9 Å². The van der Waals surface area contributed by atoms with Crippen LogP contribution in [0, 0.1) is 11.6 Å². The molecule has 2 saturated heterocycles. The first-order valence-electron chi connectivity index (χ1n) is 11.1. The number of likely N-dealkylation sites (tertiary alicyclic amines) is 1. The Labute approximate surface area is 194 Å². The van der Waals surface area contributed by atoms with Crippen molar-refractivity contribution in [1.82, 2.24) is 10.2 Å². The topological polar surface area (TPSA) is 89.3 Å². The van der Waals surface area contributed by atoms with Crippen LogP contribution in [0.15, 0.2) is 53.3 Å². The highest BCUT2D eigenvalue weighted by Crippen LogP contribution is 2.38. The number of benzene rings is 1. The third-order valence-electron chi connectivity index (χ3n) is 6.34. The Bertz CT molecular complexity index is 1100. The van der Waals surface area contributed by atoms with Gasteiger partial charge in [-0.25, -0.2) is 18.0 Å². The van der Waals surface area contributed by atoms with Crippen LogP contribution in [-0.2, 0) is 19.0 Å². The van der Waals surface area contributed by atoms with Crippen molar-refractivity contribution >= 4 is 11.7 Å². The summed E-state index contributed by atoms with van der Waals surface area (Å²) >= 11 is 0. The molecule has 2 fully saturated rings. The van der Waals surface area contributed by atoms with Gasteiger partial charge in [0.15, 0.2) is 5.83 Å². The van der Waals surface area contributed by atoms with Crippen LogP contribution in [0.1, 0.15) is 13.3 Å². The first-order chi connectivity index (χ1) is 16.3. The summed E-state index contributed by atoms with van der Waals surface area (Å²) in [5, 5.41) is 3.12. The van der Waals surface area contributed by atoms with Crippen molar-refractivity contribution in [2.24, 2.45) is 5.73 Å². The van der Waals surface area contributed by atoms with Gasteiger partial charge in [-0.05, 0) is 30.7 Å². The number of nitrogens with two attached hydrogens (primary N) is 1. The molecule has 2 unspecified atom stereocenters. The van der Waals surface area contributed by atoms with Crippen LogP contribution in [0.2, 0.25) is 0 Å². The largest absolute Gasteiger partial charge is 0.463 e. The first-order valence-corrected chi connectivity index (χ1v) is 11.1. The summed E-state index contributed by atoms with van der Waals surface area (Å²) in [6.45, 7) is 3.13. The van der Waals surface area contributed by atoms with Crippen molar-refractivity contribution in [2.75, 3.05) is 37.8 Å². The minimum absolute atomic E-state index is 0.0185. The Kier molecular flexibility index (Phi) is 5.78. The fourth-order valence-corrected chi connectivity index (χ4v) is 4.77. The van der Waals surface area contributed by atoms with E-state index < -0.39 is 41.4 Å². The zero-order chi connectivity index (χ0) is 24.0. The zero-order valence-corrected chi connectivity index (χ0v) is 18.5. The molecule has 0 amide bonds. The van der Waals surface area contributed by atoms with Crippen molar-refractivity contribution in [2.45, 2.75) is 31.3 Å². The van der Waals surface area contributed by atoms with Gasteiger partial charge in [-0.3, -0.25) is 0 Å². The van der Waals surface area contributed by atoms with E-state index in [0.29, 0.717) is 18.8 Å². The molecule has 0 aliphatic carbocycles. The van der Waals surface area contributed by atoms with Crippen molar-refractivity contribution in [3.05, 3.63) is 64.9 Å². The number of halogens is 3. The average Bonchev–Trinajstić information content (AvgIpc) is 3.40. The summed E-state index contributed by atoms with van der Waals surface area (Å²) in [7, 11) is 0. The average molecular weight is 478 g/mol. The summed E-state index contributed by atoms with van der Waals surface area (Å²) in [5.41, 5.74) is 6.98. The predicted octanol–water partition coefficient (Wildman–Crippen LogP) is 2.00. The molecule has 0 bridgehead atoms. The van der Waals surface area contributed by atoms with Crippen LogP contribution in [0.5, 0.6) is 0 Å². The van der Waals surface area contributed by atoms with Crippen LogP contribution in [0.25, 0.3) is 0 Å². The number of fused-ring (bicyclic) bond motifs is 1. The van der Waals surface area contributed by atoms with Gasteiger partial charge in [0.1, 0.15) is 23.6 Å². The van der Waals surface area contributed by atoms with E-state index in [1.54, 1.807) is 11.8 Å². The molecule has 8 nitrogen and oxygen atoms in total. The lowest BCUT2D eigenvalue weighted by Crippen LogP contribution is -2.52. The highest BCUT2D eigenvalue weighted by atomic mass is 19.1. The molecular weight excluding hydrogens is 453 g/mol. The van der Waals surface area contributed by atoms with E-state index in [1.807, 2.05) is 0 Å². The molecule has 4 aliphatic heterocycles. The molecule has 3 N–H and O–H groups in total. The van der Waals surface area contributed by atoms with Gasteiger partial charge in [0, 0.05) is 25.2 Å². The lowest BCUT2D eigenvalue weighted by molar-refractivity contribution is -0.153. The van der Waals surface area contributed by atoms with Crippen LogP contribution >= 0.6 is 0 Å². The molecule has 1 spiro atoms. The van der Waals surface area contributed by atoms with Crippen molar-refractivity contribution in [3.8, 4) is 0 Å². The van der Waals surface area contributed by atoms with E-state index in [9.17, 15) is 13.6 Å². The molecule has 0 saturated carbocycles. The van der Waals surface area contributed by atoms with Crippen molar-refractivity contribution < 1.29 is 32.2 Å². The number of esters is 1. The normalized spacial score (nSPS) is 25.8. The lowest BCUT2D eigenvalue weighted by atomic mass is 9.95. The fourth-order valence-electron chi connectivity index (χ4n) is 4.77. The van der Waals surface area contributed by atoms with Gasteiger partial charge in [-0.2, -0.15) is 0 Å². The van der Waals surface area contributed by atoms with E-state index in [2.05, 4.69) is 5.32 Å². The Morgan fingerprint density at radius 2 is 2.06 bits per heavy atom. The summed E-state index contributed by atoms with van der Waals surface area (Å²) in [5.74, 6) is -3.56. The van der Waals surface area contributed by atoms with Crippen LogP contribution in [-0.4, -0.2) is 61.8 Å². The number of ether oxygens (including phenoxy) is 3. The highest BCUT2D eigenvalue weighted by Gasteiger charge is 2.51. The molecule has 1 aromatic carbocycles. The molecular formula is C23H25F3N4O4. The summed E-state index contributed by atoms with van der Waals surface area (Å²) in [6.07, 6.45) is 2.15. The zero-order valence-electron chi connectivity index (χ0n) is 18.5. The second-order valence-corrected chi connectivity index (χ2v) is 8.51. The van der Waals surface area contributed by atoms with E-state index >= 15 is 4.39 Å². The number of anilines is 1. The molecule has 182 valence electrons. The number of dihydropyridines is 1. The monoisotopic (exact) mass is 478 g/mol. The van der Waals surface area contributed by atoms with Gasteiger partial charge < -0.3 is 35.1 Å². The smallest absolute Gasteiger partial charge is 0.335 e. The molecule has 4 aliphatic rings. The highest BCUT2D eigenvalue weighted by molar-refractivity contribution is 5.90. The molecule has 0 aromatic heterocycles. The number of carbonyl (C=O) groups is 1.